The highest BCUT2D eigenvalue weighted by Gasteiger charge is 2.34. The van der Waals surface area contributed by atoms with Crippen molar-refractivity contribution >= 4 is 60.8 Å². The molecule has 1 aliphatic rings. The molecule has 3 rings (SSSR count). The number of thioether (sulfide) groups is 1. The maximum Gasteiger partial charge on any atom is 0.293 e. The minimum Gasteiger partial charge on any atom is -0.506 e. The Morgan fingerprint density at radius 2 is 1.78 bits per heavy atom. The van der Waals surface area contributed by atoms with Gasteiger partial charge in [0, 0.05) is 0 Å². The van der Waals surface area contributed by atoms with Gasteiger partial charge in [0.25, 0.3) is 11.1 Å². The van der Waals surface area contributed by atoms with Gasteiger partial charge in [-0.25, -0.2) is 0 Å². The molecular weight excluding hydrogens is 498 g/mol. The van der Waals surface area contributed by atoms with Gasteiger partial charge >= 0.3 is 0 Å². The molecule has 0 unspecified atom stereocenters. The van der Waals surface area contributed by atoms with Crippen LogP contribution in [0.2, 0.25) is 0 Å². The second-order valence-corrected chi connectivity index (χ2v) is 8.53. The van der Waals surface area contributed by atoms with Crippen LogP contribution in [0.1, 0.15) is 11.1 Å². The fourth-order valence-corrected chi connectivity index (χ4v) is 4.49. The zero-order chi connectivity index (χ0) is 19.6. The first-order valence-electron chi connectivity index (χ1n) is 7.98. The number of imide groups is 1. The number of phenolic OH excluding ortho intramolecular Hbond substituents is 1. The number of carbonyl (C=O) groups is 2. The number of benzene rings is 2. The fraction of sp³-hybridized carbons (Fsp3) is 0.158. The first-order valence-corrected chi connectivity index (χ1v) is 10.4. The quantitative estimate of drug-likeness (QED) is 0.547. The normalized spacial score (nSPS) is 15.7. The van der Waals surface area contributed by atoms with E-state index in [2.05, 4.69) is 31.9 Å². The van der Waals surface area contributed by atoms with Crippen molar-refractivity contribution in [1.82, 2.24) is 4.90 Å². The smallest absolute Gasteiger partial charge is 0.293 e. The molecule has 0 bridgehead atoms. The Bertz CT molecular complexity index is 905. The topological polar surface area (TPSA) is 66.8 Å². The standard InChI is InChI=1S/C19H15Br2NO4S/c1-11-2-4-13(5-3-11)26-7-6-22-18(24)16(27-19(22)25)10-12-8-14(20)17(23)15(21)9-12/h2-5,8-10,23H,6-7H2,1H3/b16-10-. The van der Waals surface area contributed by atoms with E-state index in [9.17, 15) is 14.7 Å². The molecule has 0 spiro atoms. The molecule has 1 N–H and O–H groups in total. The van der Waals surface area contributed by atoms with Crippen LogP contribution in [0.15, 0.2) is 50.2 Å². The van der Waals surface area contributed by atoms with E-state index in [4.69, 9.17) is 4.74 Å². The van der Waals surface area contributed by atoms with E-state index in [-0.39, 0.29) is 30.0 Å². The highest BCUT2D eigenvalue weighted by Crippen LogP contribution is 2.36. The second-order valence-electron chi connectivity index (χ2n) is 5.83. The van der Waals surface area contributed by atoms with Crippen molar-refractivity contribution in [2.24, 2.45) is 0 Å². The number of hydrogen-bond acceptors (Lipinski definition) is 5. The molecule has 2 aromatic rings. The summed E-state index contributed by atoms with van der Waals surface area (Å²) in [5.41, 5.74) is 1.82. The maximum atomic E-state index is 12.5. The van der Waals surface area contributed by atoms with Crippen molar-refractivity contribution in [2.45, 2.75) is 6.92 Å². The van der Waals surface area contributed by atoms with Crippen molar-refractivity contribution in [3.05, 3.63) is 61.4 Å². The van der Waals surface area contributed by atoms with Crippen LogP contribution in [0.3, 0.4) is 0 Å². The number of ether oxygens (including phenoxy) is 1. The molecule has 0 aliphatic carbocycles. The molecule has 140 valence electrons. The lowest BCUT2D eigenvalue weighted by molar-refractivity contribution is -0.123. The van der Waals surface area contributed by atoms with Crippen molar-refractivity contribution < 1.29 is 19.4 Å². The highest BCUT2D eigenvalue weighted by atomic mass is 79.9. The summed E-state index contributed by atoms with van der Waals surface area (Å²) in [6, 6.07) is 10.9. The third-order valence-electron chi connectivity index (χ3n) is 3.82. The van der Waals surface area contributed by atoms with E-state index in [1.54, 1.807) is 18.2 Å². The molecule has 0 saturated carbocycles. The van der Waals surface area contributed by atoms with Gasteiger partial charge in [-0.1, -0.05) is 17.7 Å². The lowest BCUT2D eigenvalue weighted by Crippen LogP contribution is -2.32. The Morgan fingerprint density at radius 3 is 2.41 bits per heavy atom. The van der Waals surface area contributed by atoms with Crippen LogP contribution < -0.4 is 4.74 Å². The lowest BCUT2D eigenvalue weighted by Gasteiger charge is -2.13. The van der Waals surface area contributed by atoms with Crippen molar-refractivity contribution in [3.63, 3.8) is 0 Å². The van der Waals surface area contributed by atoms with Crippen LogP contribution >= 0.6 is 43.6 Å². The van der Waals surface area contributed by atoms with Crippen molar-refractivity contribution in [2.75, 3.05) is 13.2 Å². The first kappa shape index (κ1) is 20.0. The summed E-state index contributed by atoms with van der Waals surface area (Å²) in [6.45, 7) is 2.39. The van der Waals surface area contributed by atoms with Crippen LogP contribution in [0.4, 0.5) is 4.79 Å². The molecule has 2 aromatic carbocycles. The molecule has 1 fully saturated rings. The number of phenols is 1. The Balaban J connectivity index is 1.66. The van der Waals surface area contributed by atoms with Crippen LogP contribution in [-0.4, -0.2) is 34.3 Å². The van der Waals surface area contributed by atoms with Crippen LogP contribution in [0.5, 0.6) is 11.5 Å². The SMILES string of the molecule is Cc1ccc(OCCN2C(=O)S/C(=C\c3cc(Br)c(O)c(Br)c3)C2=O)cc1. The average Bonchev–Trinajstić information content (AvgIpc) is 2.88. The minimum absolute atomic E-state index is 0.0773. The van der Waals surface area contributed by atoms with Gasteiger partial charge in [-0.2, -0.15) is 0 Å². The third kappa shape index (κ3) is 4.75. The predicted octanol–water partition coefficient (Wildman–Crippen LogP) is 5.34. The molecule has 27 heavy (non-hydrogen) atoms. The Hall–Kier alpha value is -1.77. The number of amides is 2. The molecule has 1 saturated heterocycles. The molecule has 0 atom stereocenters. The Labute approximate surface area is 177 Å². The van der Waals surface area contributed by atoms with Gasteiger partial charge in [-0.15, -0.1) is 0 Å². The molecule has 2 amide bonds. The second kappa shape index (κ2) is 8.50. The number of carbonyl (C=O) groups excluding carboxylic acids is 2. The Kier molecular flexibility index (Phi) is 6.29. The number of rotatable bonds is 5. The number of aromatic hydroxyl groups is 1. The fourth-order valence-electron chi connectivity index (χ4n) is 2.40. The zero-order valence-corrected chi connectivity index (χ0v) is 18.2. The summed E-state index contributed by atoms with van der Waals surface area (Å²) >= 11 is 7.39. The summed E-state index contributed by atoms with van der Waals surface area (Å²) < 4.78 is 6.59. The van der Waals surface area contributed by atoms with E-state index in [0.29, 0.717) is 25.2 Å². The molecule has 0 aromatic heterocycles. The van der Waals surface area contributed by atoms with Gasteiger partial charge in [-0.3, -0.25) is 14.5 Å². The van der Waals surface area contributed by atoms with Gasteiger partial charge in [-0.05, 0) is 86.5 Å². The van der Waals surface area contributed by atoms with Gasteiger partial charge in [0.2, 0.25) is 0 Å². The number of halogens is 2. The van der Waals surface area contributed by atoms with E-state index in [0.717, 1.165) is 17.3 Å². The van der Waals surface area contributed by atoms with Crippen LogP contribution in [0, 0.1) is 6.92 Å². The van der Waals surface area contributed by atoms with E-state index in [1.807, 2.05) is 31.2 Å². The Morgan fingerprint density at radius 1 is 1.15 bits per heavy atom. The largest absolute Gasteiger partial charge is 0.506 e. The van der Waals surface area contributed by atoms with E-state index in [1.165, 1.54) is 4.90 Å². The molecule has 1 aliphatic heterocycles. The number of nitrogens with zero attached hydrogens (tertiary/aromatic N) is 1. The predicted molar refractivity (Wildman–Crippen MR) is 113 cm³/mol. The molecule has 0 radical (unpaired) electrons. The highest BCUT2D eigenvalue weighted by molar-refractivity contribution is 9.11. The molecule has 1 heterocycles. The molecule has 8 heteroatoms. The monoisotopic (exact) mass is 511 g/mol. The van der Waals surface area contributed by atoms with Crippen LogP contribution in [-0.2, 0) is 4.79 Å². The van der Waals surface area contributed by atoms with E-state index >= 15 is 0 Å². The van der Waals surface area contributed by atoms with Crippen molar-refractivity contribution in [1.29, 1.82) is 0 Å². The molecule has 5 nitrogen and oxygen atoms in total. The minimum atomic E-state index is -0.349. The van der Waals surface area contributed by atoms with Crippen molar-refractivity contribution in [3.8, 4) is 11.5 Å². The van der Waals surface area contributed by atoms with Gasteiger partial charge in [0.05, 0.1) is 20.4 Å². The summed E-state index contributed by atoms with van der Waals surface area (Å²) in [6.07, 6.45) is 1.63. The number of hydrogen-bond donors (Lipinski definition) is 1. The maximum absolute atomic E-state index is 12.5. The lowest BCUT2D eigenvalue weighted by atomic mass is 10.2. The first-order chi connectivity index (χ1) is 12.8. The summed E-state index contributed by atoms with van der Waals surface area (Å²) in [7, 11) is 0. The number of aryl methyl sites for hydroxylation is 1. The van der Waals surface area contributed by atoms with E-state index < -0.39 is 0 Å². The summed E-state index contributed by atoms with van der Waals surface area (Å²) in [5, 5.41) is 9.45. The van der Waals surface area contributed by atoms with Gasteiger partial charge in [0.15, 0.2) is 0 Å². The zero-order valence-electron chi connectivity index (χ0n) is 14.2. The summed E-state index contributed by atoms with van der Waals surface area (Å²) in [5.74, 6) is 0.424. The average molecular weight is 513 g/mol. The third-order valence-corrected chi connectivity index (χ3v) is 5.93. The molecular formula is C19H15Br2NO4S. The van der Waals surface area contributed by atoms with Crippen LogP contribution in [0.25, 0.3) is 6.08 Å². The summed E-state index contributed by atoms with van der Waals surface area (Å²) in [4.78, 5) is 26.2. The van der Waals surface area contributed by atoms with Gasteiger partial charge in [0.1, 0.15) is 18.1 Å². The van der Waals surface area contributed by atoms with Gasteiger partial charge < -0.3 is 9.84 Å².